The summed E-state index contributed by atoms with van der Waals surface area (Å²) < 4.78 is 0. The van der Waals surface area contributed by atoms with E-state index in [1.165, 1.54) is 6.42 Å². The molecule has 1 rings (SSSR count). The van der Waals surface area contributed by atoms with Crippen molar-refractivity contribution >= 4 is 11.7 Å². The summed E-state index contributed by atoms with van der Waals surface area (Å²) in [7, 11) is 0. The zero-order chi connectivity index (χ0) is 15.6. The molecule has 1 aliphatic rings. The van der Waals surface area contributed by atoms with Crippen LogP contribution in [0.25, 0.3) is 0 Å². The maximum atomic E-state index is 12.6. The van der Waals surface area contributed by atoms with E-state index in [-0.39, 0.29) is 22.7 Å². The molecule has 0 aromatic rings. The molecule has 1 amide bonds. The highest BCUT2D eigenvalue weighted by Gasteiger charge is 2.36. The van der Waals surface area contributed by atoms with Gasteiger partial charge in [-0.1, -0.05) is 54.4 Å². The summed E-state index contributed by atoms with van der Waals surface area (Å²) in [4.78, 5) is 24.5. The van der Waals surface area contributed by atoms with Crippen molar-refractivity contribution < 1.29 is 9.59 Å². The lowest BCUT2D eigenvalue weighted by Gasteiger charge is -2.35. The fourth-order valence-corrected chi connectivity index (χ4v) is 2.84. The minimum atomic E-state index is -0.363. The number of amides is 1. The maximum absolute atomic E-state index is 12.6. The van der Waals surface area contributed by atoms with Gasteiger partial charge in [-0.3, -0.25) is 9.59 Å². The highest BCUT2D eigenvalue weighted by Crippen LogP contribution is 2.35. The number of carbonyl (C=O) groups excluding carboxylic acids is 2. The Bertz CT molecular complexity index is 360. The van der Waals surface area contributed by atoms with E-state index >= 15 is 0 Å². The Kier molecular flexibility index (Phi) is 5.39. The molecule has 0 heterocycles. The minimum Gasteiger partial charge on any atom is -0.355 e. The molecule has 3 nitrogen and oxygen atoms in total. The molecular formula is C17H31NO2. The van der Waals surface area contributed by atoms with Gasteiger partial charge in [0.1, 0.15) is 5.78 Å². The van der Waals surface area contributed by atoms with Crippen LogP contribution in [0.2, 0.25) is 0 Å². The highest BCUT2D eigenvalue weighted by atomic mass is 16.2. The molecule has 1 fully saturated rings. The smallest absolute Gasteiger partial charge is 0.225 e. The Labute approximate surface area is 123 Å². The van der Waals surface area contributed by atoms with Crippen molar-refractivity contribution in [2.45, 2.75) is 67.2 Å². The molecule has 0 bridgehead atoms. The van der Waals surface area contributed by atoms with Crippen molar-refractivity contribution in [1.29, 1.82) is 0 Å². The summed E-state index contributed by atoms with van der Waals surface area (Å²) >= 11 is 0. The first-order valence-corrected chi connectivity index (χ1v) is 7.86. The number of carbonyl (C=O) groups is 2. The van der Waals surface area contributed by atoms with E-state index in [2.05, 4.69) is 5.32 Å². The van der Waals surface area contributed by atoms with E-state index in [9.17, 15) is 9.59 Å². The second kappa shape index (κ2) is 6.28. The quantitative estimate of drug-likeness (QED) is 0.859. The molecule has 0 radical (unpaired) electrons. The monoisotopic (exact) mass is 281 g/mol. The van der Waals surface area contributed by atoms with E-state index in [1.54, 1.807) is 0 Å². The Morgan fingerprint density at radius 3 is 2.00 bits per heavy atom. The summed E-state index contributed by atoms with van der Waals surface area (Å²) in [6.45, 7) is 12.4. The van der Waals surface area contributed by atoms with Crippen LogP contribution in [0, 0.1) is 22.7 Å². The number of hydrogen-bond acceptors (Lipinski definition) is 2. The van der Waals surface area contributed by atoms with Crippen molar-refractivity contribution in [1.82, 2.24) is 5.32 Å². The van der Waals surface area contributed by atoms with Gasteiger partial charge >= 0.3 is 0 Å². The molecule has 20 heavy (non-hydrogen) atoms. The molecule has 2 unspecified atom stereocenters. The first-order chi connectivity index (χ1) is 9.03. The van der Waals surface area contributed by atoms with Crippen LogP contribution in [-0.4, -0.2) is 18.2 Å². The highest BCUT2D eigenvalue weighted by molar-refractivity contribution is 5.86. The SMILES string of the molecule is CC(C)(C)C(=O)NCC1CCCCC1C(=O)C(C)(C)C. The normalized spacial score (nSPS) is 24.3. The van der Waals surface area contributed by atoms with E-state index in [0.717, 1.165) is 19.3 Å². The predicted molar refractivity (Wildman–Crippen MR) is 82.4 cm³/mol. The summed E-state index contributed by atoms with van der Waals surface area (Å²) in [5, 5.41) is 3.04. The third-order valence-corrected chi connectivity index (χ3v) is 4.19. The van der Waals surface area contributed by atoms with Gasteiger partial charge in [-0.25, -0.2) is 0 Å². The van der Waals surface area contributed by atoms with Crippen molar-refractivity contribution in [3.63, 3.8) is 0 Å². The summed E-state index contributed by atoms with van der Waals surface area (Å²) in [6.07, 6.45) is 4.34. The Hall–Kier alpha value is -0.860. The van der Waals surface area contributed by atoms with Crippen molar-refractivity contribution in [2.24, 2.45) is 22.7 Å². The molecule has 1 N–H and O–H groups in total. The van der Waals surface area contributed by atoms with Crippen LogP contribution in [0.5, 0.6) is 0 Å². The number of rotatable bonds is 3. The number of Topliss-reactive ketones (excluding diaryl/α,β-unsaturated/α-hetero) is 1. The van der Waals surface area contributed by atoms with Gasteiger partial charge in [-0.05, 0) is 18.8 Å². The number of ketones is 1. The van der Waals surface area contributed by atoms with Crippen LogP contribution in [0.1, 0.15) is 67.2 Å². The maximum Gasteiger partial charge on any atom is 0.225 e. The minimum absolute atomic E-state index is 0.0741. The molecule has 0 spiro atoms. The molecule has 3 heteroatoms. The van der Waals surface area contributed by atoms with E-state index < -0.39 is 0 Å². The summed E-state index contributed by atoms with van der Waals surface area (Å²) in [5.41, 5.74) is -0.646. The fraction of sp³-hybridized carbons (Fsp3) is 0.882. The Balaban J connectivity index is 2.66. The Morgan fingerprint density at radius 2 is 1.50 bits per heavy atom. The standard InChI is InChI=1S/C17H31NO2/c1-16(2,3)14(19)13-10-8-7-9-12(13)11-18-15(20)17(4,5)6/h12-13H,7-11H2,1-6H3,(H,18,20). The van der Waals surface area contributed by atoms with Gasteiger partial charge in [0.2, 0.25) is 5.91 Å². The average molecular weight is 281 g/mol. The lowest BCUT2D eigenvalue weighted by molar-refractivity contribution is -0.134. The van der Waals surface area contributed by atoms with Gasteiger partial charge < -0.3 is 5.32 Å². The van der Waals surface area contributed by atoms with Gasteiger partial charge in [0.05, 0.1) is 0 Å². The zero-order valence-electron chi connectivity index (χ0n) is 14.0. The van der Waals surface area contributed by atoms with Crippen LogP contribution < -0.4 is 5.32 Å². The first-order valence-electron chi connectivity index (χ1n) is 7.86. The third kappa shape index (κ3) is 4.60. The molecule has 0 saturated heterocycles. The summed E-state index contributed by atoms with van der Waals surface area (Å²) in [5.74, 6) is 0.850. The van der Waals surface area contributed by atoms with Crippen LogP contribution in [-0.2, 0) is 9.59 Å². The molecule has 116 valence electrons. The van der Waals surface area contributed by atoms with Crippen LogP contribution >= 0.6 is 0 Å². The second-order valence-corrected chi connectivity index (χ2v) is 8.23. The lowest BCUT2D eigenvalue weighted by atomic mass is 9.70. The molecule has 1 aliphatic carbocycles. The van der Waals surface area contributed by atoms with Crippen LogP contribution in [0.15, 0.2) is 0 Å². The molecular weight excluding hydrogens is 250 g/mol. The van der Waals surface area contributed by atoms with Gasteiger partial charge in [0.15, 0.2) is 0 Å². The van der Waals surface area contributed by atoms with Crippen molar-refractivity contribution in [2.75, 3.05) is 6.54 Å². The number of nitrogens with one attached hydrogen (secondary N) is 1. The molecule has 0 aromatic heterocycles. The van der Waals surface area contributed by atoms with Gasteiger partial charge in [-0.15, -0.1) is 0 Å². The lowest BCUT2D eigenvalue weighted by Crippen LogP contribution is -2.43. The topological polar surface area (TPSA) is 46.2 Å². The average Bonchev–Trinajstić information content (AvgIpc) is 2.33. The largest absolute Gasteiger partial charge is 0.355 e. The molecule has 1 saturated carbocycles. The second-order valence-electron chi connectivity index (χ2n) is 8.23. The van der Waals surface area contributed by atoms with Gasteiger partial charge in [0, 0.05) is 23.3 Å². The molecule has 2 atom stereocenters. The van der Waals surface area contributed by atoms with E-state index in [1.807, 2.05) is 41.5 Å². The van der Waals surface area contributed by atoms with E-state index in [0.29, 0.717) is 18.2 Å². The Morgan fingerprint density at radius 1 is 0.950 bits per heavy atom. The van der Waals surface area contributed by atoms with Crippen LogP contribution in [0.3, 0.4) is 0 Å². The summed E-state index contributed by atoms with van der Waals surface area (Å²) in [6, 6.07) is 0. The van der Waals surface area contributed by atoms with Crippen molar-refractivity contribution in [3.8, 4) is 0 Å². The predicted octanol–water partition coefficient (Wildman–Crippen LogP) is 3.57. The zero-order valence-corrected chi connectivity index (χ0v) is 14.0. The van der Waals surface area contributed by atoms with Gasteiger partial charge in [0.25, 0.3) is 0 Å². The fourth-order valence-electron chi connectivity index (χ4n) is 2.84. The molecule has 0 aliphatic heterocycles. The number of hydrogen-bond donors (Lipinski definition) is 1. The van der Waals surface area contributed by atoms with E-state index in [4.69, 9.17) is 0 Å². The van der Waals surface area contributed by atoms with Crippen LogP contribution in [0.4, 0.5) is 0 Å². The van der Waals surface area contributed by atoms with Crippen molar-refractivity contribution in [3.05, 3.63) is 0 Å². The molecule has 0 aromatic carbocycles. The van der Waals surface area contributed by atoms with Gasteiger partial charge in [-0.2, -0.15) is 0 Å². The first kappa shape index (κ1) is 17.2. The third-order valence-electron chi connectivity index (χ3n) is 4.19.